The second-order valence-corrected chi connectivity index (χ2v) is 8.56. The first-order chi connectivity index (χ1) is 7.43. The Morgan fingerprint density at radius 2 is 1.82 bits per heavy atom. The summed E-state index contributed by atoms with van der Waals surface area (Å²) in [5.41, 5.74) is 0.0829. The largest absolute Gasteiger partial charge is 0.354 e. The summed E-state index contributed by atoms with van der Waals surface area (Å²) in [6.45, 7) is 7.84. The maximum absolute atomic E-state index is 11.5. The molecular formula is C11H22ClNO3S. The van der Waals surface area contributed by atoms with Crippen molar-refractivity contribution in [3.8, 4) is 0 Å². The fourth-order valence-corrected chi connectivity index (χ4v) is 2.30. The van der Waals surface area contributed by atoms with Crippen molar-refractivity contribution in [3.05, 3.63) is 0 Å². The zero-order valence-corrected chi connectivity index (χ0v) is 12.7. The fourth-order valence-electron chi connectivity index (χ4n) is 1.29. The minimum absolute atomic E-state index is 0.0829. The first-order valence-corrected chi connectivity index (χ1v) is 7.93. The van der Waals surface area contributed by atoms with Crippen LogP contribution in [0.3, 0.4) is 0 Å². The molecule has 0 aliphatic rings. The Bertz CT molecular complexity index is 359. The molecule has 0 fully saturated rings. The summed E-state index contributed by atoms with van der Waals surface area (Å²) in [7, 11) is -3.34. The molecule has 2 unspecified atom stereocenters. The van der Waals surface area contributed by atoms with E-state index in [9.17, 15) is 13.2 Å². The second kappa shape index (κ2) is 6.05. The molecule has 17 heavy (non-hydrogen) atoms. The molecule has 4 nitrogen and oxygen atoms in total. The molecule has 0 aromatic carbocycles. The van der Waals surface area contributed by atoms with Crippen LogP contribution in [0.2, 0.25) is 0 Å². The monoisotopic (exact) mass is 283 g/mol. The Morgan fingerprint density at radius 3 is 2.18 bits per heavy atom. The molecular weight excluding hydrogens is 262 g/mol. The lowest BCUT2D eigenvalue weighted by atomic mass is 9.90. The van der Waals surface area contributed by atoms with Gasteiger partial charge in [0.25, 0.3) is 0 Å². The standard InChI is InChI=1S/C11H22ClNO3S/c1-8(17(5,15)16)10(14)13-7-9(12)6-11(2,3)4/h8-9H,6-7H2,1-5H3,(H,13,14). The van der Waals surface area contributed by atoms with E-state index >= 15 is 0 Å². The van der Waals surface area contributed by atoms with E-state index in [-0.39, 0.29) is 17.3 Å². The van der Waals surface area contributed by atoms with Crippen molar-refractivity contribution in [1.82, 2.24) is 5.32 Å². The highest BCUT2D eigenvalue weighted by Crippen LogP contribution is 2.23. The molecule has 0 spiro atoms. The van der Waals surface area contributed by atoms with E-state index in [0.717, 1.165) is 12.7 Å². The molecule has 0 bridgehead atoms. The van der Waals surface area contributed by atoms with Crippen LogP contribution in [-0.4, -0.2) is 37.8 Å². The number of hydrogen-bond donors (Lipinski definition) is 1. The molecule has 1 N–H and O–H groups in total. The number of halogens is 1. The van der Waals surface area contributed by atoms with Gasteiger partial charge >= 0.3 is 0 Å². The predicted molar refractivity (Wildman–Crippen MR) is 71.0 cm³/mol. The molecule has 0 aliphatic heterocycles. The van der Waals surface area contributed by atoms with Gasteiger partial charge in [-0.05, 0) is 18.8 Å². The number of nitrogens with one attached hydrogen (secondary N) is 1. The normalized spacial score (nSPS) is 16.4. The molecule has 102 valence electrons. The smallest absolute Gasteiger partial charge is 0.238 e. The van der Waals surface area contributed by atoms with Gasteiger partial charge < -0.3 is 5.32 Å². The van der Waals surface area contributed by atoms with E-state index in [1.54, 1.807) is 0 Å². The Balaban J connectivity index is 4.18. The molecule has 0 aliphatic carbocycles. The van der Waals surface area contributed by atoms with Crippen LogP contribution in [0.1, 0.15) is 34.1 Å². The van der Waals surface area contributed by atoms with Crippen LogP contribution in [0.4, 0.5) is 0 Å². The topological polar surface area (TPSA) is 63.2 Å². The summed E-state index contributed by atoms with van der Waals surface area (Å²) in [5.74, 6) is -0.493. The molecule has 0 aromatic heterocycles. The lowest BCUT2D eigenvalue weighted by Crippen LogP contribution is -2.40. The van der Waals surface area contributed by atoms with E-state index in [1.807, 2.05) is 0 Å². The van der Waals surface area contributed by atoms with Crippen molar-refractivity contribution in [3.63, 3.8) is 0 Å². The highest BCUT2D eigenvalue weighted by Gasteiger charge is 2.24. The van der Waals surface area contributed by atoms with Crippen LogP contribution in [0.15, 0.2) is 0 Å². The second-order valence-electron chi connectivity index (χ2n) is 5.58. The predicted octanol–water partition coefficient (Wildman–Crippen LogP) is 1.58. The van der Waals surface area contributed by atoms with E-state index in [4.69, 9.17) is 11.6 Å². The Hall–Kier alpha value is -0.290. The highest BCUT2D eigenvalue weighted by molar-refractivity contribution is 7.92. The van der Waals surface area contributed by atoms with Gasteiger partial charge in [0, 0.05) is 12.8 Å². The Morgan fingerprint density at radius 1 is 1.35 bits per heavy atom. The van der Waals surface area contributed by atoms with Gasteiger partial charge in [-0.3, -0.25) is 4.79 Å². The van der Waals surface area contributed by atoms with Crippen LogP contribution in [0.5, 0.6) is 0 Å². The molecule has 0 saturated heterocycles. The van der Waals surface area contributed by atoms with Gasteiger partial charge in [-0.1, -0.05) is 20.8 Å². The van der Waals surface area contributed by atoms with Crippen LogP contribution >= 0.6 is 11.6 Å². The zero-order chi connectivity index (χ0) is 13.9. The third-order valence-electron chi connectivity index (χ3n) is 2.34. The van der Waals surface area contributed by atoms with Crippen molar-refractivity contribution in [2.45, 2.75) is 44.7 Å². The number of hydrogen-bond acceptors (Lipinski definition) is 3. The zero-order valence-electron chi connectivity index (χ0n) is 11.1. The summed E-state index contributed by atoms with van der Waals surface area (Å²) in [6, 6.07) is 0. The fraction of sp³-hybridized carbons (Fsp3) is 0.909. The molecule has 0 saturated carbocycles. The molecule has 0 radical (unpaired) electrons. The maximum atomic E-state index is 11.5. The van der Waals surface area contributed by atoms with Gasteiger partial charge in [0.15, 0.2) is 9.84 Å². The van der Waals surface area contributed by atoms with Crippen molar-refractivity contribution in [2.24, 2.45) is 5.41 Å². The third kappa shape index (κ3) is 7.60. The number of alkyl halides is 1. The number of carbonyl (C=O) groups excluding carboxylic acids is 1. The minimum Gasteiger partial charge on any atom is -0.354 e. The van der Waals surface area contributed by atoms with Crippen molar-refractivity contribution >= 4 is 27.3 Å². The van der Waals surface area contributed by atoms with Gasteiger partial charge in [0.2, 0.25) is 5.91 Å². The summed E-state index contributed by atoms with van der Waals surface area (Å²) < 4.78 is 22.3. The number of amides is 1. The quantitative estimate of drug-likeness (QED) is 0.779. The van der Waals surface area contributed by atoms with Crippen LogP contribution in [-0.2, 0) is 14.6 Å². The SMILES string of the molecule is CC(C(=O)NCC(Cl)CC(C)(C)C)S(C)(=O)=O. The van der Waals surface area contributed by atoms with Crippen LogP contribution in [0, 0.1) is 5.41 Å². The van der Waals surface area contributed by atoms with E-state index in [2.05, 4.69) is 26.1 Å². The lowest BCUT2D eigenvalue weighted by Gasteiger charge is -2.22. The molecule has 6 heteroatoms. The van der Waals surface area contributed by atoms with Gasteiger partial charge in [0.1, 0.15) is 5.25 Å². The van der Waals surface area contributed by atoms with Gasteiger partial charge in [-0.15, -0.1) is 11.6 Å². The van der Waals surface area contributed by atoms with Crippen molar-refractivity contribution in [2.75, 3.05) is 12.8 Å². The Kier molecular flexibility index (Phi) is 5.94. The van der Waals surface area contributed by atoms with Crippen molar-refractivity contribution in [1.29, 1.82) is 0 Å². The van der Waals surface area contributed by atoms with E-state index < -0.39 is 21.0 Å². The molecule has 0 heterocycles. The first-order valence-electron chi connectivity index (χ1n) is 5.54. The summed E-state index contributed by atoms with van der Waals surface area (Å²) in [6.07, 6.45) is 1.80. The third-order valence-corrected chi connectivity index (χ3v) is 4.15. The summed E-state index contributed by atoms with van der Waals surface area (Å²) >= 11 is 6.06. The van der Waals surface area contributed by atoms with Crippen molar-refractivity contribution < 1.29 is 13.2 Å². The highest BCUT2D eigenvalue weighted by atomic mass is 35.5. The van der Waals surface area contributed by atoms with Gasteiger partial charge in [-0.25, -0.2) is 8.42 Å². The molecule has 2 atom stereocenters. The lowest BCUT2D eigenvalue weighted by molar-refractivity contribution is -0.120. The van der Waals surface area contributed by atoms with Crippen LogP contribution in [0.25, 0.3) is 0 Å². The number of rotatable bonds is 5. The molecule has 1 amide bonds. The summed E-state index contributed by atoms with van der Waals surface area (Å²) in [4.78, 5) is 11.5. The maximum Gasteiger partial charge on any atom is 0.238 e. The minimum atomic E-state index is -3.34. The number of carbonyl (C=O) groups is 1. The van der Waals surface area contributed by atoms with Crippen LogP contribution < -0.4 is 5.32 Å². The van der Waals surface area contributed by atoms with E-state index in [1.165, 1.54) is 6.92 Å². The number of sulfone groups is 1. The molecule has 0 rings (SSSR count). The molecule has 0 aromatic rings. The van der Waals surface area contributed by atoms with Gasteiger partial charge in [-0.2, -0.15) is 0 Å². The van der Waals surface area contributed by atoms with E-state index in [0.29, 0.717) is 0 Å². The average molecular weight is 284 g/mol. The summed E-state index contributed by atoms with van der Waals surface area (Å²) in [5, 5.41) is 1.35. The average Bonchev–Trinajstić information content (AvgIpc) is 2.08. The Labute approximate surface area is 109 Å². The van der Waals surface area contributed by atoms with Gasteiger partial charge in [0.05, 0.1) is 5.38 Å². The first kappa shape index (κ1) is 16.7.